The summed E-state index contributed by atoms with van der Waals surface area (Å²) in [7, 11) is 0. The highest BCUT2D eigenvalue weighted by atomic mass is 19.4. The largest absolute Gasteiger partial charge is 0.416 e. The summed E-state index contributed by atoms with van der Waals surface area (Å²) in [5.74, 6) is 0.373. The summed E-state index contributed by atoms with van der Waals surface area (Å²) in [5.41, 5.74) is -0.569. The molecule has 4 aromatic rings. The number of aromatic nitrogens is 2. The highest BCUT2D eigenvalue weighted by molar-refractivity contribution is 5.95. The third-order valence-electron chi connectivity index (χ3n) is 10.8. The Hall–Kier alpha value is -4.10. The highest BCUT2D eigenvalue weighted by Crippen LogP contribution is 2.37. The number of carbonyl (C=O) groups excluding carboxylic acids is 1. The van der Waals surface area contributed by atoms with Crippen LogP contribution >= 0.6 is 0 Å². The first-order valence-corrected chi connectivity index (χ1v) is 17.7. The summed E-state index contributed by atoms with van der Waals surface area (Å²) in [4.78, 5) is 30.8. The number of benzene rings is 3. The average Bonchev–Trinajstić information content (AvgIpc) is 3.56. The van der Waals surface area contributed by atoms with E-state index in [2.05, 4.69) is 19.7 Å². The van der Waals surface area contributed by atoms with Crippen molar-refractivity contribution in [1.29, 1.82) is 0 Å². The number of para-hydroxylation sites is 2. The molecule has 0 bridgehead atoms. The Labute approximate surface area is 293 Å². The van der Waals surface area contributed by atoms with E-state index in [1.807, 2.05) is 54.6 Å². The maximum atomic E-state index is 13.8. The molecule has 7 nitrogen and oxygen atoms in total. The van der Waals surface area contributed by atoms with Gasteiger partial charge in [0.15, 0.2) is 0 Å². The molecule has 7 rings (SSSR count). The standard InChI is InChI=1S/C38H42F6N6O/c39-37(40,41)29-22-28(23-30(24-29)38(42,43)44)35(51)50-15-10-27(21-32(50)20-26-6-2-1-3-7-26)25-47-16-18-48(19-17-47)31-11-13-49(14-12-31)36-45-33-8-4-5-9-34(33)46-36/h1-9,22-24,27,31-32H,10-21,25H2,(H,45,46). The molecule has 0 radical (unpaired) electrons. The Bertz CT molecular complexity index is 1730. The van der Waals surface area contributed by atoms with Gasteiger partial charge < -0.3 is 19.7 Å². The van der Waals surface area contributed by atoms with Crippen molar-refractivity contribution in [3.05, 3.63) is 95.1 Å². The Morgan fingerprint density at radius 3 is 2.06 bits per heavy atom. The zero-order valence-corrected chi connectivity index (χ0v) is 28.3. The van der Waals surface area contributed by atoms with E-state index in [1.54, 1.807) is 0 Å². The van der Waals surface area contributed by atoms with Crippen LogP contribution < -0.4 is 4.90 Å². The number of amides is 1. The van der Waals surface area contributed by atoms with Gasteiger partial charge in [-0.15, -0.1) is 0 Å². The van der Waals surface area contributed by atoms with Crippen molar-refractivity contribution in [2.24, 2.45) is 5.92 Å². The number of aromatic amines is 1. The van der Waals surface area contributed by atoms with Gasteiger partial charge in [-0.3, -0.25) is 9.69 Å². The molecule has 2 atom stereocenters. The van der Waals surface area contributed by atoms with E-state index < -0.39 is 35.0 Å². The van der Waals surface area contributed by atoms with Crippen LogP contribution in [-0.2, 0) is 18.8 Å². The van der Waals surface area contributed by atoms with Gasteiger partial charge in [-0.05, 0) is 73.9 Å². The van der Waals surface area contributed by atoms with Crippen molar-refractivity contribution in [1.82, 2.24) is 24.7 Å². The van der Waals surface area contributed by atoms with E-state index in [1.165, 1.54) is 4.90 Å². The van der Waals surface area contributed by atoms with E-state index in [0.717, 1.165) is 81.2 Å². The van der Waals surface area contributed by atoms with Crippen LogP contribution in [0, 0.1) is 5.92 Å². The molecule has 3 saturated heterocycles. The van der Waals surface area contributed by atoms with Crippen LogP contribution in [-0.4, -0.2) is 95.0 Å². The van der Waals surface area contributed by atoms with Gasteiger partial charge in [0.2, 0.25) is 5.95 Å². The van der Waals surface area contributed by atoms with Crippen molar-refractivity contribution in [2.45, 2.75) is 56.5 Å². The fraction of sp³-hybridized carbons (Fsp3) is 0.474. The number of imidazole rings is 1. The van der Waals surface area contributed by atoms with Crippen LogP contribution in [0.15, 0.2) is 72.8 Å². The second-order valence-electron chi connectivity index (χ2n) is 14.2. The van der Waals surface area contributed by atoms with Gasteiger partial charge in [0.05, 0.1) is 22.2 Å². The molecule has 3 aromatic carbocycles. The Morgan fingerprint density at radius 2 is 1.41 bits per heavy atom. The van der Waals surface area contributed by atoms with E-state index in [9.17, 15) is 31.1 Å². The number of H-pyrrole nitrogens is 1. The van der Waals surface area contributed by atoms with Crippen molar-refractivity contribution < 1.29 is 31.1 Å². The molecule has 0 aliphatic carbocycles. The number of carbonyl (C=O) groups is 1. The second-order valence-corrected chi connectivity index (χ2v) is 14.2. The molecular weight excluding hydrogens is 670 g/mol. The fourth-order valence-electron chi connectivity index (χ4n) is 8.10. The first kappa shape index (κ1) is 35.3. The van der Waals surface area contributed by atoms with E-state index in [0.29, 0.717) is 37.4 Å². The molecule has 3 fully saturated rings. The Morgan fingerprint density at radius 1 is 0.765 bits per heavy atom. The molecule has 13 heteroatoms. The lowest BCUT2D eigenvalue weighted by Crippen LogP contribution is -2.55. The maximum Gasteiger partial charge on any atom is 0.416 e. The van der Waals surface area contributed by atoms with E-state index in [4.69, 9.17) is 4.98 Å². The number of halogens is 6. The number of anilines is 1. The van der Waals surface area contributed by atoms with Gasteiger partial charge in [0.25, 0.3) is 5.91 Å². The summed E-state index contributed by atoms with van der Waals surface area (Å²) in [6, 6.07) is 18.9. The highest BCUT2D eigenvalue weighted by Gasteiger charge is 2.40. The van der Waals surface area contributed by atoms with E-state index >= 15 is 0 Å². The quantitative estimate of drug-likeness (QED) is 0.203. The third-order valence-corrected chi connectivity index (χ3v) is 10.8. The SMILES string of the molecule is O=C(c1cc(C(F)(F)F)cc(C(F)(F)F)c1)N1CCC(CN2CCN(C3CCN(c4nc5ccccc5[nH]4)CC3)CC2)CC1Cc1ccccc1. The number of rotatable bonds is 7. The summed E-state index contributed by atoms with van der Waals surface area (Å²) in [5, 5.41) is 0. The molecule has 1 amide bonds. The molecule has 1 aromatic heterocycles. The Kier molecular flexibility index (Phi) is 10.0. The van der Waals surface area contributed by atoms with Gasteiger partial charge >= 0.3 is 12.4 Å². The topological polar surface area (TPSA) is 58.7 Å². The molecular formula is C38H42F6N6O. The van der Waals surface area contributed by atoms with Crippen LogP contribution in [0.1, 0.15) is 52.7 Å². The smallest absolute Gasteiger partial charge is 0.342 e. The molecule has 51 heavy (non-hydrogen) atoms. The number of alkyl halides is 6. The number of piperidine rings is 2. The van der Waals surface area contributed by atoms with Crippen molar-refractivity contribution in [3.8, 4) is 0 Å². The number of piperazine rings is 1. The van der Waals surface area contributed by atoms with Gasteiger partial charge in [-0.25, -0.2) is 4.98 Å². The van der Waals surface area contributed by atoms with Gasteiger partial charge in [0.1, 0.15) is 0 Å². The number of nitrogens with zero attached hydrogens (tertiary/aromatic N) is 5. The summed E-state index contributed by atoms with van der Waals surface area (Å²) in [6.07, 6.45) is -6.20. The molecule has 1 N–H and O–H groups in total. The normalized spacial score (nSPS) is 21.8. The van der Waals surface area contributed by atoms with E-state index in [-0.39, 0.29) is 24.6 Å². The first-order valence-electron chi connectivity index (χ1n) is 17.7. The van der Waals surface area contributed by atoms with Gasteiger partial charge in [0, 0.05) is 70.0 Å². The minimum Gasteiger partial charge on any atom is -0.342 e. The zero-order chi connectivity index (χ0) is 35.8. The summed E-state index contributed by atoms with van der Waals surface area (Å²) >= 11 is 0. The van der Waals surface area contributed by atoms with Crippen LogP contribution in [0.4, 0.5) is 32.3 Å². The van der Waals surface area contributed by atoms with Gasteiger partial charge in [-0.1, -0.05) is 42.5 Å². The molecule has 0 spiro atoms. The predicted octanol–water partition coefficient (Wildman–Crippen LogP) is 7.35. The van der Waals surface area contributed by atoms with Gasteiger partial charge in [-0.2, -0.15) is 26.3 Å². The van der Waals surface area contributed by atoms with Crippen molar-refractivity contribution in [2.75, 3.05) is 57.3 Å². The third kappa shape index (κ3) is 8.19. The number of nitrogens with one attached hydrogen (secondary N) is 1. The lowest BCUT2D eigenvalue weighted by Gasteiger charge is -2.45. The molecule has 272 valence electrons. The minimum atomic E-state index is -5.02. The van der Waals surface area contributed by atoms with Crippen LogP contribution in [0.25, 0.3) is 11.0 Å². The van der Waals surface area contributed by atoms with Crippen LogP contribution in [0.5, 0.6) is 0 Å². The maximum absolute atomic E-state index is 13.8. The fourth-order valence-corrected chi connectivity index (χ4v) is 8.10. The summed E-state index contributed by atoms with van der Waals surface area (Å²) in [6.45, 7) is 6.79. The second kappa shape index (κ2) is 14.5. The number of fused-ring (bicyclic) bond motifs is 1. The number of hydrogen-bond donors (Lipinski definition) is 1. The van der Waals surface area contributed by atoms with Crippen LogP contribution in [0.3, 0.4) is 0 Å². The first-order chi connectivity index (χ1) is 24.4. The number of hydrogen-bond acceptors (Lipinski definition) is 5. The van der Waals surface area contributed by atoms with Crippen molar-refractivity contribution in [3.63, 3.8) is 0 Å². The molecule has 3 aliphatic rings. The average molecular weight is 713 g/mol. The molecule has 2 unspecified atom stereocenters. The lowest BCUT2D eigenvalue weighted by atomic mass is 9.86. The predicted molar refractivity (Wildman–Crippen MR) is 183 cm³/mol. The number of likely N-dealkylation sites (tertiary alicyclic amines) is 1. The summed E-state index contributed by atoms with van der Waals surface area (Å²) < 4.78 is 81.7. The van der Waals surface area contributed by atoms with Crippen LogP contribution in [0.2, 0.25) is 0 Å². The molecule has 0 saturated carbocycles. The monoisotopic (exact) mass is 712 g/mol. The zero-order valence-electron chi connectivity index (χ0n) is 28.3. The van der Waals surface area contributed by atoms with Crippen molar-refractivity contribution >= 4 is 22.9 Å². The minimum absolute atomic E-state index is 0.0651. The molecule has 4 heterocycles. The lowest BCUT2D eigenvalue weighted by molar-refractivity contribution is -0.143. The molecule has 3 aliphatic heterocycles. The Balaban J connectivity index is 0.969.